The van der Waals surface area contributed by atoms with E-state index in [2.05, 4.69) is 71.1 Å². The minimum absolute atomic E-state index is 0.0450. The molecule has 6 nitrogen and oxygen atoms in total. The molecule has 0 radical (unpaired) electrons. The minimum Gasteiger partial charge on any atom is -0.444 e. The van der Waals surface area contributed by atoms with Crippen molar-refractivity contribution in [2.75, 3.05) is 13.1 Å². The molecule has 1 aliphatic rings. The molecule has 38 heavy (non-hydrogen) atoms. The van der Waals surface area contributed by atoms with E-state index < -0.39 is 14.6 Å². The molecule has 0 aliphatic carbocycles. The number of fused-ring (bicyclic) bond motifs is 1. The van der Waals surface area contributed by atoms with Gasteiger partial charge in [-0.15, -0.1) is 0 Å². The van der Waals surface area contributed by atoms with Crippen molar-refractivity contribution in [2.45, 2.75) is 112 Å². The molecule has 2 heterocycles. The summed E-state index contributed by atoms with van der Waals surface area (Å²) in [5.41, 5.74) is 5.11. The van der Waals surface area contributed by atoms with Gasteiger partial charge in [0, 0.05) is 24.0 Å². The maximum atomic E-state index is 12.4. The van der Waals surface area contributed by atoms with E-state index in [1.54, 1.807) is 0 Å². The van der Waals surface area contributed by atoms with E-state index in [9.17, 15) is 4.79 Å². The second kappa shape index (κ2) is 12.4. The summed E-state index contributed by atoms with van der Waals surface area (Å²) in [6.07, 6.45) is 6.78. The normalized spacial score (nSPS) is 16.2. The molecule has 1 atom stereocenters. The largest absolute Gasteiger partial charge is 0.444 e. The van der Waals surface area contributed by atoms with Gasteiger partial charge in [-0.3, -0.25) is 0 Å². The summed E-state index contributed by atoms with van der Waals surface area (Å²) >= 11 is 0. The molecular formula is C31H50N2O4Si. The van der Waals surface area contributed by atoms with Crippen molar-refractivity contribution in [3.8, 4) is 0 Å². The van der Waals surface area contributed by atoms with Crippen LogP contribution in [0.5, 0.6) is 0 Å². The highest BCUT2D eigenvalue weighted by Gasteiger charge is 2.33. The molecule has 1 amide bonds. The van der Waals surface area contributed by atoms with Crippen LogP contribution in [0, 0.1) is 11.3 Å². The Labute approximate surface area is 231 Å². The van der Waals surface area contributed by atoms with Gasteiger partial charge in [-0.1, -0.05) is 43.6 Å². The van der Waals surface area contributed by atoms with Gasteiger partial charge >= 0.3 is 6.09 Å². The van der Waals surface area contributed by atoms with E-state index in [4.69, 9.17) is 13.7 Å². The van der Waals surface area contributed by atoms with E-state index in [-0.39, 0.29) is 17.6 Å². The highest BCUT2D eigenvalue weighted by atomic mass is 28.3. The molecule has 0 spiro atoms. The van der Waals surface area contributed by atoms with Gasteiger partial charge in [-0.25, -0.2) is 4.79 Å². The molecule has 0 bridgehead atoms. The first-order valence-corrected chi connectivity index (χ1v) is 17.1. The Morgan fingerprint density at radius 3 is 2.37 bits per heavy atom. The van der Waals surface area contributed by atoms with Crippen LogP contribution in [-0.4, -0.2) is 43.9 Å². The topological polar surface area (TPSA) is 64.8 Å². The fourth-order valence-corrected chi connectivity index (χ4v) is 6.21. The summed E-state index contributed by atoms with van der Waals surface area (Å²) in [4.78, 5) is 14.3. The van der Waals surface area contributed by atoms with Crippen LogP contribution in [0.25, 0.3) is 11.0 Å². The Balaban J connectivity index is 1.80. The second-order valence-electron chi connectivity index (χ2n) is 13.5. The third-order valence-electron chi connectivity index (χ3n) is 7.09. The summed E-state index contributed by atoms with van der Waals surface area (Å²) < 4.78 is 18.3. The Kier molecular flexibility index (Phi) is 9.90. The molecule has 1 aromatic heterocycles. The first-order chi connectivity index (χ1) is 17.7. The van der Waals surface area contributed by atoms with Crippen LogP contribution in [0.1, 0.15) is 97.6 Å². The molecular weight excluding hydrogens is 492 g/mol. The maximum Gasteiger partial charge on any atom is 0.410 e. The highest BCUT2D eigenvalue weighted by molar-refractivity contribution is 6.48. The van der Waals surface area contributed by atoms with E-state index in [0.29, 0.717) is 5.92 Å². The predicted octanol–water partition coefficient (Wildman–Crippen LogP) is 8.00. The molecule has 7 heteroatoms. The zero-order valence-electron chi connectivity index (χ0n) is 25.4. The Bertz CT molecular complexity index is 1110. The van der Waals surface area contributed by atoms with E-state index >= 15 is 0 Å². The third-order valence-corrected chi connectivity index (χ3v) is 7.90. The molecule has 2 aromatic rings. The molecule has 1 saturated heterocycles. The number of carbonyl (C=O) groups is 1. The maximum absolute atomic E-state index is 12.4. The van der Waals surface area contributed by atoms with Crippen LogP contribution < -0.4 is 0 Å². The third kappa shape index (κ3) is 8.19. The lowest BCUT2D eigenvalue weighted by Gasteiger charge is -2.34. The van der Waals surface area contributed by atoms with Gasteiger partial charge < -0.3 is 18.6 Å². The van der Waals surface area contributed by atoms with Crippen molar-refractivity contribution in [3.63, 3.8) is 0 Å². The molecule has 3 rings (SSSR count). The number of hydrogen-bond donors (Lipinski definition) is 0. The molecule has 1 fully saturated rings. The minimum atomic E-state index is -1.30. The van der Waals surface area contributed by atoms with Crippen molar-refractivity contribution in [1.29, 1.82) is 0 Å². The standard InChI is InChI=1S/C31H50N2O4Si/c1-21(2)11-13-23-14-15-24-25(32-36-27(24)26(23)28(30(3,4)5)37-38(9)10)16-12-22-17-19-33(20-18-22)29(34)35-31(6,7)8/h11,14-15,22,28,38H,12-13,16-20H2,1-10H3. The number of amides is 1. The highest BCUT2D eigenvalue weighted by Crippen LogP contribution is 2.42. The zero-order chi connectivity index (χ0) is 28.3. The van der Waals surface area contributed by atoms with Crippen molar-refractivity contribution in [1.82, 2.24) is 10.1 Å². The summed E-state index contributed by atoms with van der Waals surface area (Å²) in [5.74, 6) is 0.564. The summed E-state index contributed by atoms with van der Waals surface area (Å²) in [6, 6.07) is 4.44. The number of nitrogens with zero attached hydrogens (tertiary/aromatic N) is 2. The molecule has 0 N–H and O–H groups in total. The quantitative estimate of drug-likeness (QED) is 0.250. The van der Waals surface area contributed by atoms with Gasteiger partial charge in [0.25, 0.3) is 0 Å². The summed E-state index contributed by atoms with van der Waals surface area (Å²) in [6.45, 7) is 22.7. The van der Waals surface area contributed by atoms with Gasteiger partial charge in [0.2, 0.25) is 0 Å². The number of likely N-dealkylation sites (tertiary alicyclic amines) is 1. The van der Waals surface area contributed by atoms with Crippen LogP contribution in [0.3, 0.4) is 0 Å². The van der Waals surface area contributed by atoms with Gasteiger partial charge in [0.05, 0.1) is 11.8 Å². The number of ether oxygens (including phenoxy) is 1. The Morgan fingerprint density at radius 1 is 1.16 bits per heavy atom. The van der Waals surface area contributed by atoms with Crippen LogP contribution >= 0.6 is 0 Å². The smallest absolute Gasteiger partial charge is 0.410 e. The van der Waals surface area contributed by atoms with Gasteiger partial charge in [-0.05, 0) is 103 Å². The van der Waals surface area contributed by atoms with Crippen LogP contribution in [0.4, 0.5) is 4.79 Å². The lowest BCUT2D eigenvalue weighted by molar-refractivity contribution is 0.0181. The molecule has 1 aromatic carbocycles. The lowest BCUT2D eigenvalue weighted by Crippen LogP contribution is -2.41. The van der Waals surface area contributed by atoms with Gasteiger partial charge in [0.15, 0.2) is 14.6 Å². The van der Waals surface area contributed by atoms with E-state index in [1.165, 1.54) is 11.1 Å². The molecule has 1 unspecified atom stereocenters. The predicted molar refractivity (Wildman–Crippen MR) is 158 cm³/mol. The van der Waals surface area contributed by atoms with Gasteiger partial charge in [-0.2, -0.15) is 0 Å². The number of carbonyl (C=O) groups excluding carboxylic acids is 1. The first kappa shape index (κ1) is 30.4. The van der Waals surface area contributed by atoms with Crippen molar-refractivity contribution in [2.24, 2.45) is 11.3 Å². The fourth-order valence-electron chi connectivity index (χ4n) is 5.12. The van der Waals surface area contributed by atoms with Crippen LogP contribution in [0.15, 0.2) is 28.3 Å². The van der Waals surface area contributed by atoms with Crippen LogP contribution in [-0.2, 0) is 22.0 Å². The number of piperidine rings is 1. The second-order valence-corrected chi connectivity index (χ2v) is 15.9. The average molecular weight is 543 g/mol. The van der Waals surface area contributed by atoms with E-state index in [0.717, 1.165) is 67.4 Å². The molecule has 1 aliphatic heterocycles. The number of allylic oxidation sites excluding steroid dienone is 2. The Hall–Kier alpha value is -2.12. The average Bonchev–Trinajstić information content (AvgIpc) is 3.21. The zero-order valence-corrected chi connectivity index (χ0v) is 26.6. The number of aromatic nitrogens is 1. The number of aryl methyl sites for hydroxylation is 1. The molecule has 212 valence electrons. The number of rotatable bonds is 8. The van der Waals surface area contributed by atoms with Crippen molar-refractivity contribution in [3.05, 3.63) is 40.6 Å². The van der Waals surface area contributed by atoms with Crippen LogP contribution in [0.2, 0.25) is 13.1 Å². The molecule has 0 saturated carbocycles. The fraction of sp³-hybridized carbons (Fsp3) is 0.677. The first-order valence-electron chi connectivity index (χ1n) is 14.3. The van der Waals surface area contributed by atoms with Crippen molar-refractivity contribution >= 4 is 26.1 Å². The van der Waals surface area contributed by atoms with E-state index in [1.807, 2.05) is 25.7 Å². The number of benzene rings is 1. The monoisotopic (exact) mass is 542 g/mol. The number of hydrogen-bond acceptors (Lipinski definition) is 5. The lowest BCUT2D eigenvalue weighted by atomic mass is 9.81. The van der Waals surface area contributed by atoms with Gasteiger partial charge in [0.1, 0.15) is 5.60 Å². The summed E-state index contributed by atoms with van der Waals surface area (Å²) in [5, 5.41) is 5.69. The van der Waals surface area contributed by atoms with Crippen molar-refractivity contribution < 1.29 is 18.5 Å². The SMILES string of the molecule is CC(C)=CCc1ccc2c(CCC3CCN(C(=O)OC(C)(C)C)CC3)noc2c1C(O[SiH](C)C)C(C)(C)C. The Morgan fingerprint density at radius 2 is 1.82 bits per heavy atom. The summed E-state index contributed by atoms with van der Waals surface area (Å²) in [7, 11) is -1.30.